The second-order valence-corrected chi connectivity index (χ2v) is 11.5. The van der Waals surface area contributed by atoms with E-state index in [2.05, 4.69) is 10.6 Å². The fourth-order valence-electron chi connectivity index (χ4n) is 4.65. The van der Waals surface area contributed by atoms with Gasteiger partial charge in [-0.1, -0.05) is 91.0 Å². The van der Waals surface area contributed by atoms with E-state index in [1.165, 1.54) is 18.9 Å². The maximum atomic E-state index is 12.9. The summed E-state index contributed by atoms with van der Waals surface area (Å²) in [4.78, 5) is 25.1. The van der Waals surface area contributed by atoms with Crippen molar-refractivity contribution in [3.63, 3.8) is 0 Å². The van der Waals surface area contributed by atoms with Gasteiger partial charge in [0.15, 0.2) is 0 Å². The molecule has 1 fully saturated rings. The van der Waals surface area contributed by atoms with E-state index >= 15 is 0 Å². The molecule has 206 valence electrons. The standard InChI is InChI=1S/C31H36N2O5S/c1-30(2,3)38-29(35)33-25(27-32-26(21-39-27)28(34)36-4)20-37-31(22-14-8-5-9-15-22,23-16-10-6-11-17-23)24-18-12-7-13-19-24/h5-19,25-27,32H,20-21H2,1-4H3,(H,33,35)/t25?,26-,27?/m0/s1. The minimum Gasteiger partial charge on any atom is -0.468 e. The summed E-state index contributed by atoms with van der Waals surface area (Å²) in [7, 11) is 1.37. The smallest absolute Gasteiger partial charge is 0.408 e. The van der Waals surface area contributed by atoms with Gasteiger partial charge in [-0.05, 0) is 37.5 Å². The van der Waals surface area contributed by atoms with E-state index in [-0.39, 0.29) is 18.0 Å². The molecular weight excluding hydrogens is 512 g/mol. The van der Waals surface area contributed by atoms with Gasteiger partial charge in [-0.3, -0.25) is 10.1 Å². The van der Waals surface area contributed by atoms with Gasteiger partial charge in [0, 0.05) is 5.75 Å². The number of carbonyl (C=O) groups excluding carboxylic acids is 2. The first kappa shape index (κ1) is 28.7. The Kier molecular flexibility index (Phi) is 9.32. The molecule has 8 heteroatoms. The normalized spacial score (nSPS) is 18.3. The molecule has 2 N–H and O–H groups in total. The van der Waals surface area contributed by atoms with Crippen LogP contribution in [0.3, 0.4) is 0 Å². The van der Waals surface area contributed by atoms with Crippen molar-refractivity contribution in [2.24, 2.45) is 0 Å². The number of nitrogens with one attached hydrogen (secondary N) is 2. The summed E-state index contributed by atoms with van der Waals surface area (Å²) in [6, 6.07) is 29.2. The van der Waals surface area contributed by atoms with Crippen LogP contribution in [0.4, 0.5) is 4.79 Å². The number of alkyl carbamates (subject to hydrolysis) is 1. The number of thioether (sulfide) groups is 1. The fourth-order valence-corrected chi connectivity index (χ4v) is 5.92. The molecule has 1 saturated heterocycles. The zero-order chi connectivity index (χ0) is 27.9. The first-order chi connectivity index (χ1) is 18.7. The van der Waals surface area contributed by atoms with E-state index in [1.54, 1.807) is 0 Å². The maximum Gasteiger partial charge on any atom is 0.408 e. The molecule has 3 aromatic rings. The quantitative estimate of drug-likeness (QED) is 0.285. The number of amides is 1. The highest BCUT2D eigenvalue weighted by atomic mass is 32.2. The Balaban J connectivity index is 1.72. The Morgan fingerprint density at radius 1 is 0.897 bits per heavy atom. The third-order valence-corrected chi connectivity index (χ3v) is 7.73. The Morgan fingerprint density at radius 2 is 1.38 bits per heavy atom. The van der Waals surface area contributed by atoms with Crippen molar-refractivity contribution >= 4 is 23.8 Å². The van der Waals surface area contributed by atoms with Crippen molar-refractivity contribution in [3.05, 3.63) is 108 Å². The topological polar surface area (TPSA) is 85.9 Å². The molecule has 3 aromatic carbocycles. The van der Waals surface area contributed by atoms with Crippen molar-refractivity contribution in [1.29, 1.82) is 0 Å². The van der Waals surface area contributed by atoms with E-state index < -0.39 is 29.4 Å². The number of methoxy groups -OCH3 is 1. The summed E-state index contributed by atoms with van der Waals surface area (Å²) in [5.41, 5.74) is 1.25. The number of benzene rings is 3. The van der Waals surface area contributed by atoms with Crippen molar-refractivity contribution < 1.29 is 23.8 Å². The number of esters is 1. The second-order valence-electron chi connectivity index (χ2n) is 10.3. The maximum absolute atomic E-state index is 12.9. The van der Waals surface area contributed by atoms with Crippen molar-refractivity contribution in [3.8, 4) is 0 Å². The summed E-state index contributed by atoms with van der Waals surface area (Å²) in [5, 5.41) is 6.00. The van der Waals surface area contributed by atoms with E-state index in [0.717, 1.165) is 16.7 Å². The van der Waals surface area contributed by atoms with Crippen molar-refractivity contribution in [2.75, 3.05) is 19.5 Å². The number of ether oxygens (including phenoxy) is 3. The lowest BCUT2D eigenvalue weighted by Crippen LogP contribution is -2.53. The van der Waals surface area contributed by atoms with Crippen molar-refractivity contribution in [2.45, 2.75) is 49.4 Å². The molecule has 39 heavy (non-hydrogen) atoms. The summed E-state index contributed by atoms with van der Waals surface area (Å²) < 4.78 is 17.5. The van der Waals surface area contributed by atoms with Crippen LogP contribution in [0, 0.1) is 0 Å². The van der Waals surface area contributed by atoms with E-state index in [1.807, 2.05) is 112 Å². The largest absolute Gasteiger partial charge is 0.468 e. The van der Waals surface area contributed by atoms with E-state index in [0.29, 0.717) is 5.75 Å². The van der Waals surface area contributed by atoms with Gasteiger partial charge < -0.3 is 19.5 Å². The zero-order valence-electron chi connectivity index (χ0n) is 22.8. The van der Waals surface area contributed by atoms with Gasteiger partial charge in [0.2, 0.25) is 0 Å². The van der Waals surface area contributed by atoms with Crippen LogP contribution in [0.1, 0.15) is 37.5 Å². The molecule has 0 spiro atoms. The lowest BCUT2D eigenvalue weighted by molar-refractivity contribution is -0.142. The summed E-state index contributed by atoms with van der Waals surface area (Å²) in [6.45, 7) is 5.59. The van der Waals surface area contributed by atoms with Crippen LogP contribution >= 0.6 is 11.8 Å². The first-order valence-electron chi connectivity index (χ1n) is 13.0. The summed E-state index contributed by atoms with van der Waals surface area (Å²) in [5.74, 6) is 0.180. The summed E-state index contributed by atoms with van der Waals surface area (Å²) in [6.07, 6.45) is -0.551. The minimum absolute atomic E-state index is 0.135. The molecule has 0 saturated carbocycles. The average Bonchev–Trinajstić information content (AvgIpc) is 3.43. The molecule has 2 unspecified atom stereocenters. The number of carbonyl (C=O) groups is 2. The van der Waals surface area contributed by atoms with E-state index in [4.69, 9.17) is 14.2 Å². The van der Waals surface area contributed by atoms with Gasteiger partial charge >= 0.3 is 12.1 Å². The highest BCUT2D eigenvalue weighted by molar-refractivity contribution is 8.00. The molecule has 1 amide bonds. The molecule has 7 nitrogen and oxygen atoms in total. The van der Waals surface area contributed by atoms with Crippen LogP contribution in [0.2, 0.25) is 0 Å². The van der Waals surface area contributed by atoms with Gasteiger partial charge in [0.05, 0.1) is 25.1 Å². The predicted molar refractivity (Wildman–Crippen MR) is 154 cm³/mol. The Morgan fingerprint density at radius 3 is 1.82 bits per heavy atom. The lowest BCUT2D eigenvalue weighted by atomic mass is 9.80. The summed E-state index contributed by atoms with van der Waals surface area (Å²) >= 11 is 1.54. The monoisotopic (exact) mass is 548 g/mol. The molecule has 0 aliphatic carbocycles. The zero-order valence-corrected chi connectivity index (χ0v) is 23.6. The molecule has 0 bridgehead atoms. The third-order valence-electron chi connectivity index (χ3n) is 6.38. The molecule has 1 aliphatic rings. The average molecular weight is 549 g/mol. The van der Waals surface area contributed by atoms with Gasteiger partial charge in [-0.15, -0.1) is 11.8 Å². The molecule has 4 rings (SSSR count). The molecular formula is C31H36N2O5S. The minimum atomic E-state index is -0.956. The molecule has 1 aliphatic heterocycles. The first-order valence-corrected chi connectivity index (χ1v) is 14.0. The number of rotatable bonds is 9. The van der Waals surface area contributed by atoms with Gasteiger partial charge in [-0.2, -0.15) is 0 Å². The molecule has 0 radical (unpaired) electrons. The predicted octanol–water partition coefficient (Wildman–Crippen LogP) is 5.09. The molecule has 1 heterocycles. The van der Waals surface area contributed by atoms with Crippen LogP contribution in [0.5, 0.6) is 0 Å². The lowest BCUT2D eigenvalue weighted by Gasteiger charge is -2.38. The van der Waals surface area contributed by atoms with Crippen LogP contribution < -0.4 is 10.6 Å². The molecule has 3 atom stereocenters. The van der Waals surface area contributed by atoms with Crippen LogP contribution in [0.15, 0.2) is 91.0 Å². The Labute approximate surface area is 234 Å². The Hall–Kier alpha value is -3.33. The van der Waals surface area contributed by atoms with Crippen LogP contribution in [-0.2, 0) is 24.6 Å². The highest BCUT2D eigenvalue weighted by Gasteiger charge is 2.41. The second kappa shape index (κ2) is 12.7. The Bertz CT molecular complexity index is 1120. The van der Waals surface area contributed by atoms with Crippen LogP contribution in [-0.4, -0.2) is 54.6 Å². The fraction of sp³-hybridized carbons (Fsp3) is 0.355. The number of hydrogen-bond donors (Lipinski definition) is 2. The van der Waals surface area contributed by atoms with Gasteiger partial charge in [0.1, 0.15) is 17.2 Å². The van der Waals surface area contributed by atoms with E-state index in [9.17, 15) is 9.59 Å². The van der Waals surface area contributed by atoms with Gasteiger partial charge in [-0.25, -0.2) is 4.79 Å². The van der Waals surface area contributed by atoms with Crippen molar-refractivity contribution in [1.82, 2.24) is 10.6 Å². The third kappa shape index (κ3) is 7.01. The number of hydrogen-bond acceptors (Lipinski definition) is 7. The molecule has 0 aromatic heterocycles. The highest BCUT2D eigenvalue weighted by Crippen LogP contribution is 2.41. The van der Waals surface area contributed by atoms with Gasteiger partial charge in [0.25, 0.3) is 0 Å². The van der Waals surface area contributed by atoms with Crippen LogP contribution in [0.25, 0.3) is 0 Å². The SMILES string of the molecule is COC(=O)[C@@H]1CSC(C(COC(c2ccccc2)(c2ccccc2)c2ccccc2)NC(=O)OC(C)(C)C)N1.